The van der Waals surface area contributed by atoms with Gasteiger partial charge in [-0.1, -0.05) is 0 Å². The number of hydrogen-bond acceptors (Lipinski definition) is 3. The van der Waals surface area contributed by atoms with Crippen LogP contribution < -0.4 is 0 Å². The summed E-state index contributed by atoms with van der Waals surface area (Å²) in [6.07, 6.45) is 1.23. The van der Waals surface area contributed by atoms with E-state index in [0.717, 1.165) is 39.3 Å². The summed E-state index contributed by atoms with van der Waals surface area (Å²) in [6, 6.07) is 1.89. The first-order valence-electron chi connectivity index (χ1n) is 6.14. The third-order valence-corrected chi connectivity index (χ3v) is 3.13. The van der Waals surface area contributed by atoms with Gasteiger partial charge in [0, 0.05) is 19.2 Å². The fourth-order valence-electron chi connectivity index (χ4n) is 2.13. The monoisotopic (exact) mass is 257 g/mol. The van der Waals surface area contributed by atoms with Gasteiger partial charge in [-0.15, -0.1) is 0 Å². The van der Waals surface area contributed by atoms with E-state index in [2.05, 4.69) is 4.90 Å². The fourth-order valence-corrected chi connectivity index (χ4v) is 2.13. The molecule has 1 aromatic carbocycles. The first-order valence-corrected chi connectivity index (χ1v) is 6.14. The number of nitrogens with zero attached hydrogens (tertiary/aromatic N) is 1. The molecule has 1 fully saturated rings. The second-order valence-electron chi connectivity index (χ2n) is 4.45. The maximum absolute atomic E-state index is 13.1. The molecule has 0 spiro atoms. The summed E-state index contributed by atoms with van der Waals surface area (Å²) in [7, 11) is 0. The van der Waals surface area contributed by atoms with E-state index >= 15 is 0 Å². The van der Waals surface area contributed by atoms with Crippen LogP contribution in [0.3, 0.4) is 0 Å². The van der Waals surface area contributed by atoms with Gasteiger partial charge in [0.25, 0.3) is 0 Å². The molecule has 0 amide bonds. The molecule has 18 heavy (non-hydrogen) atoms. The maximum Gasteiger partial charge on any atom is 0.168 e. The van der Waals surface area contributed by atoms with E-state index in [0.29, 0.717) is 18.1 Å². The third kappa shape index (κ3) is 3.40. The second kappa shape index (κ2) is 6.11. The largest absolute Gasteiger partial charge is 0.505 e. The number of phenols is 1. The Morgan fingerprint density at radius 2 is 1.94 bits per heavy atom. The summed E-state index contributed by atoms with van der Waals surface area (Å²) < 4.78 is 31.4. The van der Waals surface area contributed by atoms with Gasteiger partial charge in [-0.3, -0.25) is 4.90 Å². The molecule has 5 heteroatoms. The van der Waals surface area contributed by atoms with Crippen molar-refractivity contribution in [1.29, 1.82) is 0 Å². The standard InChI is InChI=1S/C13H17F2NO2/c14-11-8-10(13(17)12(15)9-11)2-1-3-16-4-6-18-7-5-16/h8-9,17H,1-7H2. The molecule has 1 aliphatic rings. The van der Waals surface area contributed by atoms with Crippen molar-refractivity contribution in [2.75, 3.05) is 32.8 Å². The molecule has 1 aliphatic heterocycles. The van der Waals surface area contributed by atoms with Crippen molar-refractivity contribution in [3.05, 3.63) is 29.3 Å². The van der Waals surface area contributed by atoms with Crippen LogP contribution in [0.25, 0.3) is 0 Å². The van der Waals surface area contributed by atoms with Crippen LogP contribution in [-0.4, -0.2) is 42.9 Å². The molecule has 0 aromatic heterocycles. The highest BCUT2D eigenvalue weighted by Crippen LogP contribution is 2.23. The molecule has 1 N–H and O–H groups in total. The quantitative estimate of drug-likeness (QED) is 0.894. The van der Waals surface area contributed by atoms with Crippen LogP contribution >= 0.6 is 0 Å². The van der Waals surface area contributed by atoms with E-state index in [9.17, 15) is 13.9 Å². The zero-order valence-corrected chi connectivity index (χ0v) is 10.2. The average molecular weight is 257 g/mol. The topological polar surface area (TPSA) is 32.7 Å². The molecule has 3 nitrogen and oxygen atoms in total. The lowest BCUT2D eigenvalue weighted by Gasteiger charge is -2.26. The molecular weight excluding hydrogens is 240 g/mol. The van der Waals surface area contributed by atoms with Gasteiger partial charge in [0.15, 0.2) is 11.6 Å². The van der Waals surface area contributed by atoms with Crippen molar-refractivity contribution >= 4 is 0 Å². The normalized spacial score (nSPS) is 17.0. The minimum absolute atomic E-state index is 0.334. The average Bonchev–Trinajstić information content (AvgIpc) is 2.36. The van der Waals surface area contributed by atoms with Crippen molar-refractivity contribution < 1.29 is 18.6 Å². The molecule has 0 radical (unpaired) electrons. The number of phenolic OH excluding ortho intramolecular Hbond substituents is 1. The Morgan fingerprint density at radius 1 is 1.22 bits per heavy atom. The number of morpholine rings is 1. The smallest absolute Gasteiger partial charge is 0.168 e. The highest BCUT2D eigenvalue weighted by Gasteiger charge is 2.12. The summed E-state index contributed by atoms with van der Waals surface area (Å²) >= 11 is 0. The van der Waals surface area contributed by atoms with E-state index in [1.165, 1.54) is 6.07 Å². The van der Waals surface area contributed by atoms with E-state index in [4.69, 9.17) is 4.74 Å². The number of hydrogen-bond donors (Lipinski definition) is 1. The minimum Gasteiger partial charge on any atom is -0.505 e. The number of aryl methyl sites for hydroxylation is 1. The highest BCUT2D eigenvalue weighted by molar-refractivity contribution is 5.34. The van der Waals surface area contributed by atoms with Crippen LogP contribution in [0, 0.1) is 11.6 Å². The first kappa shape index (κ1) is 13.2. The van der Waals surface area contributed by atoms with Gasteiger partial charge in [0.2, 0.25) is 0 Å². The Kier molecular flexibility index (Phi) is 4.49. The van der Waals surface area contributed by atoms with Crippen molar-refractivity contribution in [3.8, 4) is 5.75 Å². The Balaban J connectivity index is 1.86. The molecule has 1 aromatic rings. The predicted octanol–water partition coefficient (Wildman–Crippen LogP) is 1.94. The van der Waals surface area contributed by atoms with Crippen LogP contribution in [0.4, 0.5) is 8.78 Å². The van der Waals surface area contributed by atoms with E-state index < -0.39 is 17.4 Å². The van der Waals surface area contributed by atoms with E-state index in [1.807, 2.05) is 0 Å². The Morgan fingerprint density at radius 3 is 2.67 bits per heavy atom. The number of ether oxygens (including phenoxy) is 1. The molecule has 0 saturated carbocycles. The van der Waals surface area contributed by atoms with Crippen LogP contribution in [0.5, 0.6) is 5.75 Å². The summed E-state index contributed by atoms with van der Waals surface area (Å²) in [5, 5.41) is 9.48. The van der Waals surface area contributed by atoms with Gasteiger partial charge in [-0.25, -0.2) is 8.78 Å². The first-order chi connectivity index (χ1) is 8.66. The van der Waals surface area contributed by atoms with Gasteiger partial charge < -0.3 is 9.84 Å². The summed E-state index contributed by atoms with van der Waals surface area (Å²) in [5.74, 6) is -1.97. The maximum atomic E-state index is 13.1. The molecule has 100 valence electrons. The van der Waals surface area contributed by atoms with Crippen LogP contribution in [0.1, 0.15) is 12.0 Å². The van der Waals surface area contributed by atoms with Crippen molar-refractivity contribution in [1.82, 2.24) is 4.90 Å². The lowest BCUT2D eigenvalue weighted by Crippen LogP contribution is -2.36. The third-order valence-electron chi connectivity index (χ3n) is 3.13. The number of rotatable bonds is 4. The number of halogens is 2. The van der Waals surface area contributed by atoms with Gasteiger partial charge in [-0.2, -0.15) is 0 Å². The lowest BCUT2D eigenvalue weighted by atomic mass is 10.1. The Hall–Kier alpha value is -1.20. The Labute approximate surface area is 105 Å². The summed E-state index contributed by atoms with van der Waals surface area (Å²) in [6.45, 7) is 4.10. The van der Waals surface area contributed by atoms with Crippen molar-refractivity contribution in [3.63, 3.8) is 0 Å². The zero-order valence-electron chi connectivity index (χ0n) is 10.2. The van der Waals surface area contributed by atoms with E-state index in [1.54, 1.807) is 0 Å². The minimum atomic E-state index is -0.892. The number of aromatic hydroxyl groups is 1. The Bertz CT molecular complexity index is 406. The predicted molar refractivity (Wildman–Crippen MR) is 63.6 cm³/mol. The SMILES string of the molecule is Oc1c(F)cc(F)cc1CCCN1CCOCC1. The molecule has 1 heterocycles. The van der Waals surface area contributed by atoms with Crippen molar-refractivity contribution in [2.24, 2.45) is 0 Å². The number of benzene rings is 1. The molecule has 1 saturated heterocycles. The van der Waals surface area contributed by atoms with Gasteiger partial charge in [0.1, 0.15) is 5.82 Å². The lowest BCUT2D eigenvalue weighted by molar-refractivity contribution is 0.0374. The summed E-state index contributed by atoms with van der Waals surface area (Å²) in [4.78, 5) is 2.25. The van der Waals surface area contributed by atoms with Crippen LogP contribution in [-0.2, 0) is 11.2 Å². The molecular formula is C13H17F2NO2. The van der Waals surface area contributed by atoms with Gasteiger partial charge in [0.05, 0.1) is 13.2 Å². The fraction of sp³-hybridized carbons (Fsp3) is 0.538. The van der Waals surface area contributed by atoms with Gasteiger partial charge >= 0.3 is 0 Å². The molecule has 0 unspecified atom stereocenters. The molecule has 0 atom stereocenters. The molecule has 0 aliphatic carbocycles. The van der Waals surface area contributed by atoms with E-state index in [-0.39, 0.29) is 0 Å². The molecule has 2 rings (SSSR count). The summed E-state index contributed by atoms with van der Waals surface area (Å²) in [5.41, 5.74) is 0.334. The highest BCUT2D eigenvalue weighted by atomic mass is 19.1. The second-order valence-corrected chi connectivity index (χ2v) is 4.45. The van der Waals surface area contributed by atoms with Crippen LogP contribution in [0.2, 0.25) is 0 Å². The van der Waals surface area contributed by atoms with Gasteiger partial charge in [-0.05, 0) is 31.0 Å². The van der Waals surface area contributed by atoms with Crippen molar-refractivity contribution in [2.45, 2.75) is 12.8 Å². The molecule has 0 bridgehead atoms. The van der Waals surface area contributed by atoms with Crippen LogP contribution in [0.15, 0.2) is 12.1 Å². The zero-order chi connectivity index (χ0) is 13.0.